The Labute approximate surface area is 140 Å². The number of carbonyl (C=O) groups excluding carboxylic acids is 1. The number of rotatable bonds is 4. The summed E-state index contributed by atoms with van der Waals surface area (Å²) in [5, 5.41) is 3.95. The first-order valence-electron chi connectivity index (χ1n) is 7.68. The van der Waals surface area contributed by atoms with Crippen LogP contribution in [0.3, 0.4) is 0 Å². The normalized spacial score (nSPS) is 10.6. The highest BCUT2D eigenvalue weighted by Crippen LogP contribution is 2.20. The molecule has 0 aliphatic heterocycles. The van der Waals surface area contributed by atoms with Crippen molar-refractivity contribution in [3.05, 3.63) is 70.6 Å². The van der Waals surface area contributed by atoms with E-state index in [1.165, 1.54) is 0 Å². The van der Waals surface area contributed by atoms with Gasteiger partial charge in [-0.3, -0.25) is 0 Å². The minimum absolute atomic E-state index is 0.0505. The van der Waals surface area contributed by atoms with Crippen LogP contribution in [0.15, 0.2) is 47.0 Å². The summed E-state index contributed by atoms with van der Waals surface area (Å²) in [6.07, 6.45) is 0. The maximum atomic E-state index is 12.2. The fourth-order valence-corrected chi connectivity index (χ4v) is 2.42. The second-order valence-corrected chi connectivity index (χ2v) is 5.65. The molecule has 0 radical (unpaired) electrons. The molecular formula is C19H18N2O3. The fraction of sp³-hybridized carbons (Fsp3) is 0.211. The molecule has 0 aliphatic carbocycles. The summed E-state index contributed by atoms with van der Waals surface area (Å²) in [7, 11) is 0. The molecule has 3 aromatic rings. The van der Waals surface area contributed by atoms with Crippen molar-refractivity contribution in [3.8, 4) is 11.4 Å². The van der Waals surface area contributed by atoms with Crippen molar-refractivity contribution in [1.82, 2.24) is 10.1 Å². The molecule has 0 atom stereocenters. The number of hydrogen-bond acceptors (Lipinski definition) is 5. The first kappa shape index (κ1) is 15.9. The molecule has 0 N–H and O–H groups in total. The van der Waals surface area contributed by atoms with Gasteiger partial charge in [-0.1, -0.05) is 41.6 Å². The zero-order valence-corrected chi connectivity index (χ0v) is 13.9. The lowest BCUT2D eigenvalue weighted by Gasteiger charge is -2.07. The monoisotopic (exact) mass is 322 g/mol. The Balaban J connectivity index is 1.71. The first-order valence-corrected chi connectivity index (χ1v) is 7.68. The van der Waals surface area contributed by atoms with Crippen LogP contribution in [0, 0.1) is 20.8 Å². The number of aryl methyl sites for hydroxylation is 2. The molecule has 5 heteroatoms. The van der Waals surface area contributed by atoms with Gasteiger partial charge in [0.05, 0.1) is 5.56 Å². The Bertz CT molecular complexity index is 884. The van der Waals surface area contributed by atoms with Gasteiger partial charge >= 0.3 is 5.97 Å². The van der Waals surface area contributed by atoms with Gasteiger partial charge in [0.1, 0.15) is 0 Å². The van der Waals surface area contributed by atoms with E-state index in [1.54, 1.807) is 6.07 Å². The van der Waals surface area contributed by atoms with Gasteiger partial charge in [0.25, 0.3) is 5.89 Å². The van der Waals surface area contributed by atoms with E-state index >= 15 is 0 Å². The lowest BCUT2D eigenvalue weighted by atomic mass is 10.0. The van der Waals surface area contributed by atoms with E-state index in [9.17, 15) is 4.79 Å². The first-order chi connectivity index (χ1) is 11.6. The smallest absolute Gasteiger partial charge is 0.338 e. The fourth-order valence-electron chi connectivity index (χ4n) is 2.42. The molecule has 3 rings (SSSR count). The largest absolute Gasteiger partial charge is 0.452 e. The van der Waals surface area contributed by atoms with Crippen molar-refractivity contribution >= 4 is 5.97 Å². The molecule has 1 aromatic heterocycles. The summed E-state index contributed by atoms with van der Waals surface area (Å²) in [4.78, 5) is 16.5. The number of benzene rings is 2. The molecule has 122 valence electrons. The van der Waals surface area contributed by atoms with Gasteiger partial charge < -0.3 is 9.26 Å². The van der Waals surface area contributed by atoms with E-state index in [0.717, 1.165) is 22.3 Å². The standard InChI is InChI=1S/C19H18N2O3/c1-12-8-6-10-16(14(12)3)19(22)23-11-17-20-18(21-24-17)15-9-5-4-7-13(15)2/h4-10H,11H2,1-3H3. The van der Waals surface area contributed by atoms with Gasteiger partial charge in [0.15, 0.2) is 6.61 Å². The van der Waals surface area contributed by atoms with Crippen molar-refractivity contribution in [2.75, 3.05) is 0 Å². The maximum absolute atomic E-state index is 12.2. The number of esters is 1. The lowest BCUT2D eigenvalue weighted by Crippen LogP contribution is -2.08. The highest BCUT2D eigenvalue weighted by atomic mass is 16.6. The minimum Gasteiger partial charge on any atom is -0.452 e. The molecule has 0 unspecified atom stereocenters. The quantitative estimate of drug-likeness (QED) is 0.679. The molecule has 0 saturated carbocycles. The SMILES string of the molecule is Cc1ccccc1-c1noc(COC(=O)c2cccc(C)c2C)n1. The van der Waals surface area contributed by atoms with E-state index < -0.39 is 5.97 Å². The molecule has 5 nitrogen and oxygen atoms in total. The predicted octanol–water partition coefficient (Wildman–Crippen LogP) is 4.02. The van der Waals surface area contributed by atoms with Gasteiger partial charge in [-0.15, -0.1) is 0 Å². The van der Waals surface area contributed by atoms with Crippen molar-refractivity contribution in [2.24, 2.45) is 0 Å². The molecule has 0 saturated heterocycles. The third kappa shape index (κ3) is 3.20. The highest BCUT2D eigenvalue weighted by Gasteiger charge is 2.15. The van der Waals surface area contributed by atoms with E-state index in [-0.39, 0.29) is 12.5 Å². The molecular weight excluding hydrogens is 304 g/mol. The van der Waals surface area contributed by atoms with Crippen LogP contribution in [-0.2, 0) is 11.3 Å². The topological polar surface area (TPSA) is 65.2 Å². The van der Waals surface area contributed by atoms with Crippen molar-refractivity contribution in [3.63, 3.8) is 0 Å². The molecule has 1 heterocycles. The van der Waals surface area contributed by atoms with Gasteiger partial charge in [-0.25, -0.2) is 4.79 Å². The summed E-state index contributed by atoms with van der Waals surface area (Å²) < 4.78 is 10.5. The summed E-state index contributed by atoms with van der Waals surface area (Å²) in [5.74, 6) is 0.365. The zero-order chi connectivity index (χ0) is 17.1. The molecule has 0 bridgehead atoms. The number of aromatic nitrogens is 2. The van der Waals surface area contributed by atoms with Crippen LogP contribution >= 0.6 is 0 Å². The summed E-state index contributed by atoms with van der Waals surface area (Å²) in [6.45, 7) is 5.78. The Morgan fingerprint density at radius 3 is 2.58 bits per heavy atom. The van der Waals surface area contributed by atoms with E-state index in [4.69, 9.17) is 9.26 Å². The summed E-state index contributed by atoms with van der Waals surface area (Å²) in [6, 6.07) is 13.3. The summed E-state index contributed by atoms with van der Waals surface area (Å²) >= 11 is 0. The van der Waals surface area contributed by atoms with Crippen LogP contribution in [0.2, 0.25) is 0 Å². The molecule has 0 aliphatic rings. The van der Waals surface area contributed by atoms with Crippen LogP contribution in [0.1, 0.15) is 32.9 Å². The lowest BCUT2D eigenvalue weighted by molar-refractivity contribution is 0.0429. The van der Waals surface area contributed by atoms with Crippen molar-refractivity contribution in [2.45, 2.75) is 27.4 Å². The van der Waals surface area contributed by atoms with Crippen LogP contribution in [0.25, 0.3) is 11.4 Å². The molecule has 2 aromatic carbocycles. The van der Waals surface area contributed by atoms with Gasteiger partial charge in [-0.2, -0.15) is 4.98 Å². The van der Waals surface area contributed by atoms with Crippen LogP contribution in [-0.4, -0.2) is 16.1 Å². The van der Waals surface area contributed by atoms with Crippen LogP contribution in [0.5, 0.6) is 0 Å². The molecule has 0 spiro atoms. The average molecular weight is 322 g/mol. The minimum atomic E-state index is -0.396. The average Bonchev–Trinajstić information content (AvgIpc) is 3.04. The third-order valence-electron chi connectivity index (χ3n) is 4.01. The van der Waals surface area contributed by atoms with Gasteiger partial charge in [0, 0.05) is 5.56 Å². The van der Waals surface area contributed by atoms with E-state index in [1.807, 2.05) is 57.2 Å². The molecule has 0 fully saturated rings. The Kier molecular flexibility index (Phi) is 4.42. The zero-order valence-electron chi connectivity index (χ0n) is 13.9. The number of carbonyl (C=O) groups is 1. The number of ether oxygens (including phenoxy) is 1. The predicted molar refractivity (Wildman–Crippen MR) is 89.5 cm³/mol. The van der Waals surface area contributed by atoms with Gasteiger partial charge in [0.2, 0.25) is 5.82 Å². The van der Waals surface area contributed by atoms with Crippen LogP contribution < -0.4 is 0 Å². The second kappa shape index (κ2) is 6.66. The number of hydrogen-bond donors (Lipinski definition) is 0. The van der Waals surface area contributed by atoms with Crippen molar-refractivity contribution < 1.29 is 14.1 Å². The Morgan fingerprint density at radius 2 is 1.79 bits per heavy atom. The Morgan fingerprint density at radius 1 is 1.04 bits per heavy atom. The van der Waals surface area contributed by atoms with Crippen molar-refractivity contribution in [1.29, 1.82) is 0 Å². The molecule has 0 amide bonds. The highest BCUT2D eigenvalue weighted by molar-refractivity contribution is 5.91. The second-order valence-electron chi connectivity index (χ2n) is 5.65. The van der Waals surface area contributed by atoms with E-state index in [2.05, 4.69) is 10.1 Å². The van der Waals surface area contributed by atoms with Crippen LogP contribution in [0.4, 0.5) is 0 Å². The van der Waals surface area contributed by atoms with E-state index in [0.29, 0.717) is 11.4 Å². The molecule has 24 heavy (non-hydrogen) atoms. The number of nitrogens with zero attached hydrogens (tertiary/aromatic N) is 2. The maximum Gasteiger partial charge on any atom is 0.338 e. The third-order valence-corrected chi connectivity index (χ3v) is 4.01. The Hall–Kier alpha value is -2.95. The summed E-state index contributed by atoms with van der Waals surface area (Å²) in [5.41, 5.74) is 4.46. The van der Waals surface area contributed by atoms with Gasteiger partial charge in [-0.05, 0) is 43.5 Å².